The predicted octanol–water partition coefficient (Wildman–Crippen LogP) is 2.24. The second-order valence-corrected chi connectivity index (χ2v) is 4.32. The van der Waals surface area contributed by atoms with Crippen molar-refractivity contribution in [3.05, 3.63) is 48.5 Å². The second kappa shape index (κ2) is 5.73. The first kappa shape index (κ1) is 13.3. The SMILES string of the molecule is N#CC(C#N)=NNc1ccc2nn(-c3ccccc3)nc2c1. The Morgan fingerprint density at radius 1 is 1.00 bits per heavy atom. The van der Waals surface area contributed by atoms with Gasteiger partial charge in [-0.25, -0.2) is 0 Å². The fourth-order valence-electron chi connectivity index (χ4n) is 1.86. The highest BCUT2D eigenvalue weighted by Crippen LogP contribution is 2.17. The maximum atomic E-state index is 8.64. The molecule has 3 rings (SSSR count). The summed E-state index contributed by atoms with van der Waals surface area (Å²) in [7, 11) is 0. The van der Waals surface area contributed by atoms with Gasteiger partial charge in [0.15, 0.2) is 0 Å². The van der Waals surface area contributed by atoms with E-state index in [1.165, 1.54) is 0 Å². The van der Waals surface area contributed by atoms with Crippen molar-refractivity contribution in [1.29, 1.82) is 10.5 Å². The van der Waals surface area contributed by atoms with Gasteiger partial charge in [0.1, 0.15) is 23.2 Å². The van der Waals surface area contributed by atoms with Crippen LogP contribution in [-0.2, 0) is 0 Å². The minimum atomic E-state index is -0.243. The van der Waals surface area contributed by atoms with E-state index in [-0.39, 0.29) is 5.71 Å². The summed E-state index contributed by atoms with van der Waals surface area (Å²) in [4.78, 5) is 1.55. The van der Waals surface area contributed by atoms with Gasteiger partial charge in [0.05, 0.1) is 11.4 Å². The molecule has 0 radical (unpaired) electrons. The van der Waals surface area contributed by atoms with Crippen molar-refractivity contribution in [2.24, 2.45) is 5.10 Å². The van der Waals surface area contributed by atoms with E-state index < -0.39 is 0 Å². The molecule has 1 N–H and O–H groups in total. The van der Waals surface area contributed by atoms with E-state index in [1.807, 2.05) is 30.3 Å². The second-order valence-electron chi connectivity index (χ2n) is 4.32. The maximum absolute atomic E-state index is 8.64. The number of fused-ring (bicyclic) bond motifs is 1. The molecule has 7 nitrogen and oxygen atoms in total. The lowest BCUT2D eigenvalue weighted by Gasteiger charge is -1.97. The number of hydrogen-bond acceptors (Lipinski definition) is 6. The highest BCUT2D eigenvalue weighted by molar-refractivity contribution is 6.10. The molecule has 0 aliphatic rings. The van der Waals surface area contributed by atoms with Crippen molar-refractivity contribution >= 4 is 22.4 Å². The first-order valence-corrected chi connectivity index (χ1v) is 6.36. The Morgan fingerprint density at radius 2 is 1.73 bits per heavy atom. The Morgan fingerprint density at radius 3 is 2.45 bits per heavy atom. The molecule has 3 aromatic rings. The predicted molar refractivity (Wildman–Crippen MR) is 81.1 cm³/mol. The number of benzene rings is 2. The molecule has 22 heavy (non-hydrogen) atoms. The summed E-state index contributed by atoms with van der Waals surface area (Å²) in [5.41, 5.74) is 5.31. The standard InChI is InChI=1S/C15H9N7/c16-9-12(10-17)19-18-11-6-7-14-15(8-11)21-22(20-14)13-4-2-1-3-5-13/h1-8,18H. The van der Waals surface area contributed by atoms with Crippen LogP contribution in [0.5, 0.6) is 0 Å². The zero-order chi connectivity index (χ0) is 15.4. The van der Waals surface area contributed by atoms with Crippen LogP contribution >= 0.6 is 0 Å². The van der Waals surface area contributed by atoms with Crippen LogP contribution in [0.3, 0.4) is 0 Å². The number of rotatable bonds is 3. The molecule has 0 amide bonds. The number of hydrazone groups is 1. The van der Waals surface area contributed by atoms with Crippen LogP contribution in [0.25, 0.3) is 16.7 Å². The molecule has 0 atom stereocenters. The van der Waals surface area contributed by atoms with E-state index >= 15 is 0 Å². The summed E-state index contributed by atoms with van der Waals surface area (Å²) in [6, 6.07) is 18.2. The minimum Gasteiger partial charge on any atom is -0.276 e. The lowest BCUT2D eigenvalue weighted by Crippen LogP contribution is -1.97. The topological polar surface area (TPSA) is 103 Å². The average molecular weight is 287 g/mol. The van der Waals surface area contributed by atoms with E-state index in [4.69, 9.17) is 10.5 Å². The highest BCUT2D eigenvalue weighted by atomic mass is 15.5. The van der Waals surface area contributed by atoms with E-state index in [2.05, 4.69) is 20.7 Å². The molecule has 0 bridgehead atoms. The molecule has 1 heterocycles. The molecule has 1 aromatic heterocycles. The van der Waals surface area contributed by atoms with Crippen molar-refractivity contribution in [3.8, 4) is 17.8 Å². The molecule has 0 spiro atoms. The normalized spacial score (nSPS) is 9.73. The van der Waals surface area contributed by atoms with Crippen LogP contribution in [0.15, 0.2) is 53.6 Å². The van der Waals surface area contributed by atoms with Gasteiger partial charge in [0.2, 0.25) is 5.71 Å². The number of para-hydroxylation sites is 1. The molecule has 7 heteroatoms. The van der Waals surface area contributed by atoms with Crippen LogP contribution in [0.2, 0.25) is 0 Å². The van der Waals surface area contributed by atoms with Crippen LogP contribution in [0.1, 0.15) is 0 Å². The van der Waals surface area contributed by atoms with Gasteiger partial charge in [-0.3, -0.25) is 5.43 Å². The molecule has 2 aromatic carbocycles. The maximum Gasteiger partial charge on any atom is 0.237 e. The van der Waals surface area contributed by atoms with Gasteiger partial charge in [0, 0.05) is 0 Å². The molecule has 0 unspecified atom stereocenters. The van der Waals surface area contributed by atoms with Crippen LogP contribution in [0.4, 0.5) is 5.69 Å². The fraction of sp³-hybridized carbons (Fsp3) is 0. The zero-order valence-corrected chi connectivity index (χ0v) is 11.3. The third-order valence-electron chi connectivity index (χ3n) is 2.88. The smallest absolute Gasteiger partial charge is 0.237 e. The van der Waals surface area contributed by atoms with E-state index in [0.29, 0.717) is 11.2 Å². The van der Waals surface area contributed by atoms with Crippen LogP contribution in [-0.4, -0.2) is 20.7 Å². The van der Waals surface area contributed by atoms with Gasteiger partial charge in [-0.1, -0.05) is 18.2 Å². The monoisotopic (exact) mass is 287 g/mol. The largest absolute Gasteiger partial charge is 0.276 e. The summed E-state index contributed by atoms with van der Waals surface area (Å²) in [6.45, 7) is 0. The molecule has 0 aliphatic carbocycles. The lowest BCUT2D eigenvalue weighted by atomic mass is 10.3. The fourth-order valence-corrected chi connectivity index (χ4v) is 1.86. The van der Waals surface area contributed by atoms with Crippen molar-refractivity contribution < 1.29 is 0 Å². The molecule has 0 fully saturated rings. The summed E-state index contributed by atoms with van der Waals surface area (Å²) < 4.78 is 0. The van der Waals surface area contributed by atoms with Crippen molar-refractivity contribution in [3.63, 3.8) is 0 Å². The molecule has 0 aliphatic heterocycles. The van der Waals surface area contributed by atoms with Crippen LogP contribution in [0, 0.1) is 22.7 Å². The number of aromatic nitrogens is 3. The van der Waals surface area contributed by atoms with E-state index in [0.717, 1.165) is 11.2 Å². The van der Waals surface area contributed by atoms with Gasteiger partial charge in [-0.2, -0.15) is 20.4 Å². The number of nitrogens with zero attached hydrogens (tertiary/aromatic N) is 6. The molecular formula is C15H9N7. The Balaban J connectivity index is 1.93. The van der Waals surface area contributed by atoms with Crippen LogP contribution < -0.4 is 5.43 Å². The molecule has 104 valence electrons. The van der Waals surface area contributed by atoms with Crippen molar-refractivity contribution in [2.75, 3.05) is 5.43 Å². The number of nitrogens with one attached hydrogen (secondary N) is 1. The summed E-state index contributed by atoms with van der Waals surface area (Å²) in [5, 5.41) is 29.8. The van der Waals surface area contributed by atoms with E-state index in [1.54, 1.807) is 35.1 Å². The summed E-state index contributed by atoms with van der Waals surface area (Å²) >= 11 is 0. The average Bonchev–Trinajstić information content (AvgIpc) is 3.00. The van der Waals surface area contributed by atoms with Gasteiger partial charge in [-0.15, -0.1) is 10.2 Å². The molecular weight excluding hydrogens is 278 g/mol. The van der Waals surface area contributed by atoms with Crippen molar-refractivity contribution in [1.82, 2.24) is 15.0 Å². The summed E-state index contributed by atoms with van der Waals surface area (Å²) in [5.74, 6) is 0. The highest BCUT2D eigenvalue weighted by Gasteiger charge is 2.05. The lowest BCUT2D eigenvalue weighted by molar-refractivity contribution is 0.766. The quantitative estimate of drug-likeness (QED) is 0.587. The van der Waals surface area contributed by atoms with Gasteiger partial charge >= 0.3 is 0 Å². The Kier molecular flexibility index (Phi) is 3.46. The Bertz CT molecular complexity index is 910. The minimum absolute atomic E-state index is 0.243. The summed E-state index contributed by atoms with van der Waals surface area (Å²) in [6.07, 6.45) is 0. The molecule has 0 saturated carbocycles. The number of hydrogen-bond donors (Lipinski definition) is 1. The van der Waals surface area contributed by atoms with E-state index in [9.17, 15) is 0 Å². The van der Waals surface area contributed by atoms with Gasteiger partial charge in [0.25, 0.3) is 0 Å². The number of anilines is 1. The number of nitriles is 2. The first-order chi connectivity index (χ1) is 10.8. The molecule has 0 saturated heterocycles. The first-order valence-electron chi connectivity index (χ1n) is 6.36. The third kappa shape index (κ3) is 2.60. The Hall–Kier alpha value is -3.71. The third-order valence-corrected chi connectivity index (χ3v) is 2.88. The van der Waals surface area contributed by atoms with Gasteiger partial charge < -0.3 is 0 Å². The van der Waals surface area contributed by atoms with Gasteiger partial charge in [-0.05, 0) is 30.3 Å². The Labute approximate surface area is 125 Å². The zero-order valence-electron chi connectivity index (χ0n) is 11.3. The van der Waals surface area contributed by atoms with Crippen molar-refractivity contribution in [2.45, 2.75) is 0 Å².